The van der Waals surface area contributed by atoms with Crippen LogP contribution in [0.25, 0.3) is 0 Å². The molecule has 0 spiro atoms. The Morgan fingerprint density at radius 2 is 2.25 bits per heavy atom. The molecule has 1 N–H and O–H groups in total. The van der Waals surface area contributed by atoms with Gasteiger partial charge < -0.3 is 14.8 Å². The van der Waals surface area contributed by atoms with Gasteiger partial charge in [0.1, 0.15) is 0 Å². The van der Waals surface area contributed by atoms with Gasteiger partial charge in [0.25, 0.3) is 0 Å². The minimum Gasteiger partial charge on any atom is -0.353 e. The zero-order valence-corrected chi connectivity index (χ0v) is 9.89. The monoisotopic (exact) mass is 220 g/mol. The Morgan fingerprint density at radius 1 is 1.44 bits per heavy atom. The smallest absolute Gasteiger partial charge is 0.203 e. The van der Waals surface area contributed by atoms with Crippen LogP contribution in [0.1, 0.15) is 25.7 Å². The summed E-state index contributed by atoms with van der Waals surface area (Å²) in [4.78, 5) is 6.83. The van der Waals surface area contributed by atoms with E-state index >= 15 is 0 Å². The Labute approximate surface area is 96.7 Å². The molecule has 0 unspecified atom stereocenters. The zero-order valence-electron chi connectivity index (χ0n) is 9.89. The molecule has 0 amide bonds. The molecule has 2 aliphatic rings. The van der Waals surface area contributed by atoms with Crippen molar-refractivity contribution in [3.63, 3.8) is 0 Å². The maximum atomic E-state index is 4.37. The van der Waals surface area contributed by atoms with Crippen LogP contribution in [0.2, 0.25) is 0 Å². The highest BCUT2D eigenvalue weighted by molar-refractivity contribution is 5.29. The van der Waals surface area contributed by atoms with Crippen LogP contribution in [0.3, 0.4) is 0 Å². The molecule has 4 nitrogen and oxygen atoms in total. The number of aromatic nitrogens is 2. The standard InChI is InChI=1S/C12H20N4/c1-15(11-4-5-11)8-9-16-7-6-13-12(16)14-10-2-3-10/h6-7,10-11H,2-5,8-9H2,1H3,(H,13,14). The molecule has 88 valence electrons. The molecular formula is C12H20N4. The Balaban J connectivity index is 1.53. The van der Waals surface area contributed by atoms with E-state index in [0.717, 1.165) is 25.1 Å². The molecule has 4 heteroatoms. The topological polar surface area (TPSA) is 33.1 Å². The first-order chi connectivity index (χ1) is 7.83. The molecule has 0 aromatic carbocycles. The van der Waals surface area contributed by atoms with E-state index < -0.39 is 0 Å². The fourth-order valence-electron chi connectivity index (χ4n) is 2.00. The average molecular weight is 220 g/mol. The van der Waals surface area contributed by atoms with E-state index in [-0.39, 0.29) is 0 Å². The summed E-state index contributed by atoms with van der Waals surface area (Å²) in [6, 6.07) is 1.53. The summed E-state index contributed by atoms with van der Waals surface area (Å²) in [6.45, 7) is 2.17. The van der Waals surface area contributed by atoms with Crippen LogP contribution < -0.4 is 5.32 Å². The molecule has 0 aliphatic heterocycles. The lowest BCUT2D eigenvalue weighted by Crippen LogP contribution is -2.25. The molecule has 2 saturated carbocycles. The molecule has 0 saturated heterocycles. The number of hydrogen-bond donors (Lipinski definition) is 1. The van der Waals surface area contributed by atoms with E-state index in [4.69, 9.17) is 0 Å². The van der Waals surface area contributed by atoms with Crippen molar-refractivity contribution < 1.29 is 0 Å². The minimum absolute atomic E-state index is 0.683. The van der Waals surface area contributed by atoms with E-state index in [0.29, 0.717) is 6.04 Å². The Kier molecular flexibility index (Phi) is 2.59. The number of likely N-dealkylation sites (N-methyl/N-ethyl adjacent to an activating group) is 1. The Hall–Kier alpha value is -1.03. The summed E-state index contributed by atoms with van der Waals surface area (Å²) in [7, 11) is 2.22. The highest BCUT2D eigenvalue weighted by atomic mass is 15.2. The second-order valence-corrected chi connectivity index (χ2v) is 5.07. The van der Waals surface area contributed by atoms with Crippen molar-refractivity contribution in [2.45, 2.75) is 44.3 Å². The maximum Gasteiger partial charge on any atom is 0.203 e. The summed E-state index contributed by atoms with van der Waals surface area (Å²) in [5.41, 5.74) is 0. The lowest BCUT2D eigenvalue weighted by Gasteiger charge is -2.17. The third-order valence-electron chi connectivity index (χ3n) is 3.49. The lowest BCUT2D eigenvalue weighted by molar-refractivity contribution is 0.310. The van der Waals surface area contributed by atoms with Crippen molar-refractivity contribution in [1.82, 2.24) is 14.5 Å². The molecular weight excluding hydrogens is 200 g/mol. The number of nitrogens with one attached hydrogen (secondary N) is 1. The SMILES string of the molecule is CN(CCn1ccnc1NC1CC1)C1CC1. The van der Waals surface area contributed by atoms with Crippen molar-refractivity contribution in [3.05, 3.63) is 12.4 Å². The van der Waals surface area contributed by atoms with Crippen LogP contribution in [0.15, 0.2) is 12.4 Å². The summed E-state index contributed by atoms with van der Waals surface area (Å²) in [5.74, 6) is 1.05. The predicted octanol–water partition coefficient (Wildman–Crippen LogP) is 1.55. The van der Waals surface area contributed by atoms with Gasteiger partial charge in [0.2, 0.25) is 5.95 Å². The molecule has 2 aliphatic carbocycles. The van der Waals surface area contributed by atoms with Crippen molar-refractivity contribution >= 4 is 5.95 Å². The third-order valence-corrected chi connectivity index (χ3v) is 3.49. The highest BCUT2D eigenvalue weighted by Gasteiger charge is 2.26. The van der Waals surface area contributed by atoms with Gasteiger partial charge in [-0.25, -0.2) is 4.98 Å². The van der Waals surface area contributed by atoms with Gasteiger partial charge in [-0.1, -0.05) is 0 Å². The molecule has 1 aromatic rings. The molecule has 0 radical (unpaired) electrons. The Bertz CT molecular complexity index is 352. The minimum atomic E-state index is 0.683. The number of rotatable bonds is 6. The first-order valence-corrected chi connectivity index (χ1v) is 6.31. The summed E-state index contributed by atoms with van der Waals surface area (Å²) in [6.07, 6.45) is 9.33. The zero-order chi connectivity index (χ0) is 11.0. The van der Waals surface area contributed by atoms with Crippen molar-refractivity contribution in [1.29, 1.82) is 0 Å². The van der Waals surface area contributed by atoms with E-state index in [1.165, 1.54) is 25.7 Å². The van der Waals surface area contributed by atoms with Crippen molar-refractivity contribution in [3.8, 4) is 0 Å². The van der Waals surface area contributed by atoms with E-state index in [9.17, 15) is 0 Å². The molecule has 0 atom stereocenters. The van der Waals surface area contributed by atoms with E-state index in [1.807, 2.05) is 6.20 Å². The molecule has 2 fully saturated rings. The van der Waals surface area contributed by atoms with Gasteiger partial charge >= 0.3 is 0 Å². The van der Waals surface area contributed by atoms with Crippen molar-refractivity contribution in [2.24, 2.45) is 0 Å². The van der Waals surface area contributed by atoms with Crippen LogP contribution in [-0.2, 0) is 6.54 Å². The van der Waals surface area contributed by atoms with Crippen LogP contribution in [-0.4, -0.2) is 40.1 Å². The average Bonchev–Trinajstić information content (AvgIpc) is 3.14. The van der Waals surface area contributed by atoms with Gasteiger partial charge in [0.05, 0.1) is 0 Å². The van der Waals surface area contributed by atoms with Gasteiger partial charge in [0.15, 0.2) is 0 Å². The van der Waals surface area contributed by atoms with E-state index in [2.05, 4.69) is 33.0 Å². The first-order valence-electron chi connectivity index (χ1n) is 6.31. The van der Waals surface area contributed by atoms with E-state index in [1.54, 1.807) is 0 Å². The van der Waals surface area contributed by atoms with Crippen LogP contribution >= 0.6 is 0 Å². The molecule has 0 bridgehead atoms. The number of nitrogens with zero attached hydrogens (tertiary/aromatic N) is 3. The molecule has 1 aromatic heterocycles. The van der Waals surface area contributed by atoms with Crippen molar-refractivity contribution in [2.75, 3.05) is 18.9 Å². The van der Waals surface area contributed by atoms with Crippen LogP contribution in [0.5, 0.6) is 0 Å². The number of imidazole rings is 1. The summed E-state index contributed by atoms with van der Waals surface area (Å²) >= 11 is 0. The predicted molar refractivity (Wildman–Crippen MR) is 64.5 cm³/mol. The van der Waals surface area contributed by atoms with Gasteiger partial charge in [-0.15, -0.1) is 0 Å². The summed E-state index contributed by atoms with van der Waals surface area (Å²) < 4.78 is 2.23. The maximum absolute atomic E-state index is 4.37. The largest absolute Gasteiger partial charge is 0.353 e. The van der Waals surface area contributed by atoms with Gasteiger partial charge in [-0.2, -0.15) is 0 Å². The van der Waals surface area contributed by atoms with Gasteiger partial charge in [-0.05, 0) is 32.7 Å². The molecule has 3 rings (SSSR count). The van der Waals surface area contributed by atoms with Crippen LogP contribution in [0, 0.1) is 0 Å². The van der Waals surface area contributed by atoms with Gasteiger partial charge in [0, 0.05) is 37.6 Å². The number of anilines is 1. The second kappa shape index (κ2) is 4.09. The summed E-state index contributed by atoms with van der Waals surface area (Å²) in [5, 5.41) is 3.47. The highest BCUT2D eigenvalue weighted by Crippen LogP contribution is 2.26. The lowest BCUT2D eigenvalue weighted by atomic mass is 10.5. The quantitative estimate of drug-likeness (QED) is 0.789. The molecule has 16 heavy (non-hydrogen) atoms. The normalized spacial score (nSPS) is 20.4. The Morgan fingerprint density at radius 3 is 2.94 bits per heavy atom. The fourth-order valence-corrected chi connectivity index (χ4v) is 2.00. The molecule has 1 heterocycles. The fraction of sp³-hybridized carbons (Fsp3) is 0.750. The second-order valence-electron chi connectivity index (χ2n) is 5.07. The third kappa shape index (κ3) is 2.38. The first kappa shape index (κ1) is 10.1. The number of hydrogen-bond acceptors (Lipinski definition) is 3. The van der Waals surface area contributed by atoms with Crippen LogP contribution in [0.4, 0.5) is 5.95 Å². The van der Waals surface area contributed by atoms with Gasteiger partial charge in [-0.3, -0.25) is 0 Å².